The molecule has 1 fully saturated rings. The van der Waals surface area contributed by atoms with Gasteiger partial charge in [-0.2, -0.15) is 0 Å². The quantitative estimate of drug-likeness (QED) is 0.462. The van der Waals surface area contributed by atoms with Gasteiger partial charge in [-0.25, -0.2) is 5.01 Å². The molecule has 0 bridgehead atoms. The maximum atomic E-state index is 12.8. The minimum Gasteiger partial charge on any atom is -0.488 e. The number of carbonyl (C=O) groups is 2. The first kappa shape index (κ1) is 19.0. The van der Waals surface area contributed by atoms with Crippen LogP contribution in [-0.2, 0) is 16.2 Å². The van der Waals surface area contributed by atoms with E-state index >= 15 is 0 Å². The van der Waals surface area contributed by atoms with Crippen molar-refractivity contribution >= 4 is 39.5 Å². The number of amides is 2. The lowest BCUT2D eigenvalue weighted by atomic mass is 10.1. The van der Waals surface area contributed by atoms with Gasteiger partial charge in [-0.3, -0.25) is 15.0 Å². The van der Waals surface area contributed by atoms with Crippen molar-refractivity contribution in [3.63, 3.8) is 0 Å². The van der Waals surface area contributed by atoms with Gasteiger partial charge in [-0.05, 0) is 42.0 Å². The van der Waals surface area contributed by atoms with Crippen LogP contribution >= 0.6 is 15.9 Å². The highest BCUT2D eigenvalue weighted by atomic mass is 79.9. The Hall–Kier alpha value is -3.38. The number of nitrogens with zero attached hydrogens (tertiary/aromatic N) is 1. The lowest BCUT2D eigenvalue weighted by Gasteiger charge is -2.14. The molecule has 1 aliphatic heterocycles. The summed E-state index contributed by atoms with van der Waals surface area (Å²) >= 11 is 3.41. The van der Waals surface area contributed by atoms with Gasteiger partial charge < -0.3 is 4.74 Å². The summed E-state index contributed by atoms with van der Waals surface area (Å²) in [5.74, 6) is -0.243. The molecule has 4 rings (SSSR count). The maximum Gasteiger partial charge on any atom is 0.282 e. The number of hydrogen-bond acceptors (Lipinski definition) is 3. The molecular weight excluding hydrogens is 432 g/mol. The van der Waals surface area contributed by atoms with Crippen LogP contribution in [-0.4, -0.2) is 11.8 Å². The van der Waals surface area contributed by atoms with Gasteiger partial charge >= 0.3 is 0 Å². The Balaban J connectivity index is 1.57. The number of halogens is 1. The number of hydrazine groups is 1. The number of para-hydroxylation sites is 2. The third kappa shape index (κ3) is 4.22. The predicted molar refractivity (Wildman–Crippen MR) is 115 cm³/mol. The Bertz CT molecular complexity index is 1080. The Kier molecular flexibility index (Phi) is 5.44. The molecular formula is C23H17BrN2O3. The largest absolute Gasteiger partial charge is 0.488 e. The predicted octanol–water partition coefficient (Wildman–Crippen LogP) is 4.49. The van der Waals surface area contributed by atoms with E-state index < -0.39 is 11.8 Å². The molecule has 1 saturated heterocycles. The standard InChI is InChI=1S/C23H17BrN2O3/c24-18-12-10-16(11-13-18)15-29-21-9-5-4-6-17(21)14-20-22(27)25-26(23(20)28)19-7-2-1-3-8-19/h1-14H,15H2,(H,25,27)/b20-14-. The normalized spacial score (nSPS) is 14.9. The fourth-order valence-corrected chi connectivity index (χ4v) is 3.21. The van der Waals surface area contributed by atoms with Crippen molar-refractivity contribution in [2.24, 2.45) is 0 Å². The first-order valence-electron chi connectivity index (χ1n) is 9.00. The number of rotatable bonds is 5. The van der Waals surface area contributed by atoms with Gasteiger partial charge in [0.2, 0.25) is 0 Å². The SMILES string of the molecule is O=C1NN(c2ccccc2)C(=O)/C1=C\c1ccccc1OCc1ccc(Br)cc1. The van der Waals surface area contributed by atoms with Crippen molar-refractivity contribution in [3.05, 3.63) is 100 Å². The Morgan fingerprint density at radius 2 is 1.59 bits per heavy atom. The first-order valence-corrected chi connectivity index (χ1v) is 9.79. The molecule has 0 aromatic heterocycles. The van der Waals surface area contributed by atoms with Crippen LogP contribution in [0.2, 0.25) is 0 Å². The molecule has 1 N–H and O–H groups in total. The molecule has 0 spiro atoms. The topological polar surface area (TPSA) is 58.6 Å². The highest BCUT2D eigenvalue weighted by molar-refractivity contribution is 9.10. The smallest absolute Gasteiger partial charge is 0.282 e. The molecule has 0 saturated carbocycles. The highest BCUT2D eigenvalue weighted by Gasteiger charge is 2.34. The Morgan fingerprint density at radius 3 is 2.34 bits per heavy atom. The van der Waals surface area contributed by atoms with E-state index in [4.69, 9.17) is 4.74 Å². The molecule has 144 valence electrons. The van der Waals surface area contributed by atoms with E-state index in [-0.39, 0.29) is 5.57 Å². The molecule has 5 nitrogen and oxygen atoms in total. The first-order chi connectivity index (χ1) is 14.1. The Morgan fingerprint density at radius 1 is 0.897 bits per heavy atom. The van der Waals surface area contributed by atoms with Crippen LogP contribution in [0.3, 0.4) is 0 Å². The summed E-state index contributed by atoms with van der Waals surface area (Å²) in [6, 6.07) is 24.1. The summed E-state index contributed by atoms with van der Waals surface area (Å²) in [5.41, 5.74) is 4.95. The van der Waals surface area contributed by atoms with Crippen LogP contribution in [0.25, 0.3) is 6.08 Å². The zero-order chi connectivity index (χ0) is 20.2. The average molecular weight is 449 g/mol. The number of benzene rings is 3. The van der Waals surface area contributed by atoms with E-state index in [0.717, 1.165) is 10.0 Å². The second kappa shape index (κ2) is 8.32. The molecule has 1 aliphatic rings. The monoisotopic (exact) mass is 448 g/mol. The van der Waals surface area contributed by atoms with Crippen molar-refractivity contribution in [2.75, 3.05) is 5.01 Å². The minimum absolute atomic E-state index is 0.0635. The van der Waals surface area contributed by atoms with Crippen LogP contribution in [0, 0.1) is 0 Å². The summed E-state index contributed by atoms with van der Waals surface area (Å²) in [5, 5.41) is 1.25. The number of carbonyl (C=O) groups excluding carboxylic acids is 2. The van der Waals surface area contributed by atoms with E-state index in [1.807, 2.05) is 66.7 Å². The van der Waals surface area contributed by atoms with Gasteiger partial charge in [-0.1, -0.05) is 64.5 Å². The van der Waals surface area contributed by atoms with Crippen LogP contribution in [0.15, 0.2) is 88.9 Å². The average Bonchev–Trinajstić information content (AvgIpc) is 3.03. The molecule has 0 unspecified atom stereocenters. The van der Waals surface area contributed by atoms with E-state index in [1.165, 1.54) is 5.01 Å². The van der Waals surface area contributed by atoms with Crippen LogP contribution in [0.5, 0.6) is 5.75 Å². The molecule has 0 aliphatic carbocycles. The number of hydrogen-bond donors (Lipinski definition) is 1. The molecule has 0 radical (unpaired) electrons. The van der Waals surface area contributed by atoms with Crippen molar-refractivity contribution in [3.8, 4) is 5.75 Å². The van der Waals surface area contributed by atoms with Crippen molar-refractivity contribution < 1.29 is 14.3 Å². The lowest BCUT2D eigenvalue weighted by molar-refractivity contribution is -0.117. The number of anilines is 1. The second-order valence-electron chi connectivity index (χ2n) is 6.43. The Labute approximate surface area is 176 Å². The van der Waals surface area contributed by atoms with Crippen LogP contribution in [0.1, 0.15) is 11.1 Å². The molecule has 0 atom stereocenters. The van der Waals surface area contributed by atoms with Gasteiger partial charge in [0, 0.05) is 10.0 Å². The van der Waals surface area contributed by atoms with E-state index in [2.05, 4.69) is 21.4 Å². The van der Waals surface area contributed by atoms with Gasteiger partial charge in [-0.15, -0.1) is 0 Å². The zero-order valence-electron chi connectivity index (χ0n) is 15.3. The lowest BCUT2D eigenvalue weighted by Crippen LogP contribution is -2.35. The molecule has 2 amide bonds. The second-order valence-corrected chi connectivity index (χ2v) is 7.34. The molecule has 29 heavy (non-hydrogen) atoms. The summed E-state index contributed by atoms with van der Waals surface area (Å²) < 4.78 is 6.94. The van der Waals surface area contributed by atoms with Crippen molar-refractivity contribution in [2.45, 2.75) is 6.61 Å². The molecule has 1 heterocycles. The van der Waals surface area contributed by atoms with Crippen LogP contribution in [0.4, 0.5) is 5.69 Å². The third-order valence-electron chi connectivity index (χ3n) is 4.43. The van der Waals surface area contributed by atoms with E-state index in [9.17, 15) is 9.59 Å². The summed E-state index contributed by atoms with van der Waals surface area (Å²) in [6.45, 7) is 0.379. The number of nitrogens with one attached hydrogen (secondary N) is 1. The van der Waals surface area contributed by atoms with E-state index in [0.29, 0.717) is 23.6 Å². The molecule has 6 heteroatoms. The van der Waals surface area contributed by atoms with Gasteiger partial charge in [0.05, 0.1) is 5.69 Å². The fraction of sp³-hybridized carbons (Fsp3) is 0.0435. The summed E-state index contributed by atoms with van der Waals surface area (Å²) in [4.78, 5) is 25.2. The van der Waals surface area contributed by atoms with Crippen molar-refractivity contribution in [1.29, 1.82) is 0 Å². The molecule has 3 aromatic carbocycles. The fourth-order valence-electron chi connectivity index (χ4n) is 2.94. The van der Waals surface area contributed by atoms with Crippen LogP contribution < -0.4 is 15.2 Å². The summed E-state index contributed by atoms with van der Waals surface area (Å²) in [7, 11) is 0. The maximum absolute atomic E-state index is 12.8. The van der Waals surface area contributed by atoms with Gasteiger partial charge in [0.25, 0.3) is 11.8 Å². The van der Waals surface area contributed by atoms with Gasteiger partial charge in [0.15, 0.2) is 0 Å². The summed E-state index contributed by atoms with van der Waals surface area (Å²) in [6.07, 6.45) is 1.57. The van der Waals surface area contributed by atoms with Gasteiger partial charge in [0.1, 0.15) is 17.9 Å². The minimum atomic E-state index is -0.443. The zero-order valence-corrected chi connectivity index (χ0v) is 16.9. The number of ether oxygens (including phenoxy) is 1. The molecule has 3 aromatic rings. The third-order valence-corrected chi connectivity index (χ3v) is 4.96. The van der Waals surface area contributed by atoms with E-state index in [1.54, 1.807) is 18.2 Å². The van der Waals surface area contributed by atoms with Crippen molar-refractivity contribution in [1.82, 2.24) is 5.43 Å². The highest BCUT2D eigenvalue weighted by Crippen LogP contribution is 2.26.